The Morgan fingerprint density at radius 1 is 1.21 bits per heavy atom. The predicted octanol–water partition coefficient (Wildman–Crippen LogP) is 2.44. The van der Waals surface area contributed by atoms with E-state index >= 15 is 0 Å². The highest BCUT2D eigenvalue weighted by Crippen LogP contribution is 2.38. The van der Waals surface area contributed by atoms with E-state index in [0.29, 0.717) is 37.1 Å². The molecular weight excluding hydrogens is 311 g/mol. The lowest BCUT2D eigenvalue weighted by molar-refractivity contribution is 0.0766. The van der Waals surface area contributed by atoms with Gasteiger partial charge in [-0.05, 0) is 37.5 Å². The third kappa shape index (κ3) is 3.11. The standard InChI is InChI=1S/C17H19FN4O2/c18-14-4-1-3-13(11-14)16(23)21-7-2-8-22(10-9-21)17-19-15(20-24-17)12-5-6-12/h1,3-4,11-12H,2,5-10H2. The average Bonchev–Trinajstić information content (AvgIpc) is 3.37. The zero-order valence-corrected chi connectivity index (χ0v) is 13.3. The molecule has 4 rings (SSSR count). The Kier molecular flexibility index (Phi) is 3.92. The van der Waals surface area contributed by atoms with Crippen LogP contribution in [0.1, 0.15) is 41.4 Å². The van der Waals surface area contributed by atoms with E-state index in [1.807, 2.05) is 4.90 Å². The second kappa shape index (κ2) is 6.22. The van der Waals surface area contributed by atoms with Crippen molar-refractivity contribution in [2.24, 2.45) is 0 Å². The number of rotatable bonds is 3. The molecule has 1 aromatic carbocycles. The van der Waals surface area contributed by atoms with Gasteiger partial charge in [-0.1, -0.05) is 11.2 Å². The fourth-order valence-corrected chi connectivity index (χ4v) is 2.98. The Balaban J connectivity index is 1.42. The Morgan fingerprint density at radius 2 is 2.08 bits per heavy atom. The van der Waals surface area contributed by atoms with Gasteiger partial charge in [-0.15, -0.1) is 0 Å². The zero-order valence-electron chi connectivity index (χ0n) is 13.3. The van der Waals surface area contributed by atoms with Crippen LogP contribution in [0.4, 0.5) is 10.4 Å². The first-order valence-electron chi connectivity index (χ1n) is 8.34. The summed E-state index contributed by atoms with van der Waals surface area (Å²) >= 11 is 0. The number of hydrogen-bond acceptors (Lipinski definition) is 5. The number of carbonyl (C=O) groups is 1. The summed E-state index contributed by atoms with van der Waals surface area (Å²) in [6, 6.07) is 6.37. The van der Waals surface area contributed by atoms with Crippen molar-refractivity contribution in [3.8, 4) is 0 Å². The van der Waals surface area contributed by atoms with Gasteiger partial charge >= 0.3 is 6.01 Å². The summed E-state index contributed by atoms with van der Waals surface area (Å²) < 4.78 is 18.7. The summed E-state index contributed by atoms with van der Waals surface area (Å²) in [7, 11) is 0. The Labute approximate surface area is 139 Å². The molecule has 2 heterocycles. The first kappa shape index (κ1) is 15.1. The number of anilines is 1. The maximum atomic E-state index is 13.3. The summed E-state index contributed by atoms with van der Waals surface area (Å²) in [4.78, 5) is 20.8. The highest BCUT2D eigenvalue weighted by Gasteiger charge is 2.30. The van der Waals surface area contributed by atoms with Gasteiger partial charge in [0.1, 0.15) is 5.82 Å². The summed E-state index contributed by atoms with van der Waals surface area (Å²) in [6.45, 7) is 2.58. The maximum Gasteiger partial charge on any atom is 0.324 e. The Bertz CT molecular complexity index is 744. The fourth-order valence-electron chi connectivity index (χ4n) is 2.98. The normalized spacial score (nSPS) is 18.5. The molecule has 1 saturated heterocycles. The van der Waals surface area contributed by atoms with Crippen LogP contribution in [0.2, 0.25) is 0 Å². The van der Waals surface area contributed by atoms with Crippen LogP contribution < -0.4 is 4.90 Å². The predicted molar refractivity (Wildman–Crippen MR) is 85.4 cm³/mol. The molecule has 2 aromatic rings. The summed E-state index contributed by atoms with van der Waals surface area (Å²) in [5, 5.41) is 4.05. The summed E-state index contributed by atoms with van der Waals surface area (Å²) in [5.41, 5.74) is 0.386. The van der Waals surface area contributed by atoms with E-state index in [4.69, 9.17) is 4.52 Å². The summed E-state index contributed by atoms with van der Waals surface area (Å²) in [6.07, 6.45) is 3.08. The minimum Gasteiger partial charge on any atom is -0.337 e. The molecule has 0 atom stereocenters. The second-order valence-electron chi connectivity index (χ2n) is 6.35. The van der Waals surface area contributed by atoms with Gasteiger partial charge < -0.3 is 14.3 Å². The molecule has 1 aromatic heterocycles. The largest absolute Gasteiger partial charge is 0.337 e. The number of benzene rings is 1. The third-order valence-corrected chi connectivity index (χ3v) is 4.50. The van der Waals surface area contributed by atoms with Gasteiger partial charge in [-0.2, -0.15) is 4.98 Å². The number of carbonyl (C=O) groups excluding carboxylic acids is 1. The lowest BCUT2D eigenvalue weighted by Gasteiger charge is -2.21. The molecule has 1 aliphatic heterocycles. The lowest BCUT2D eigenvalue weighted by Crippen LogP contribution is -2.35. The number of halogens is 1. The first-order chi connectivity index (χ1) is 11.7. The molecule has 0 N–H and O–H groups in total. The van der Waals surface area contributed by atoms with E-state index in [1.165, 1.54) is 12.1 Å². The van der Waals surface area contributed by atoms with Crippen molar-refractivity contribution < 1.29 is 13.7 Å². The average molecular weight is 330 g/mol. The number of amides is 1. The van der Waals surface area contributed by atoms with E-state index in [0.717, 1.165) is 31.6 Å². The van der Waals surface area contributed by atoms with Gasteiger partial charge in [-0.25, -0.2) is 4.39 Å². The lowest BCUT2D eigenvalue weighted by atomic mass is 10.2. The molecule has 126 valence electrons. The topological polar surface area (TPSA) is 62.5 Å². The minimum absolute atomic E-state index is 0.138. The molecule has 2 aliphatic rings. The molecule has 1 amide bonds. The van der Waals surface area contributed by atoms with Crippen LogP contribution in [0.3, 0.4) is 0 Å². The summed E-state index contributed by atoms with van der Waals surface area (Å²) in [5.74, 6) is 0.721. The van der Waals surface area contributed by atoms with Crippen LogP contribution in [0.25, 0.3) is 0 Å². The number of nitrogens with zero attached hydrogens (tertiary/aromatic N) is 4. The molecule has 0 spiro atoms. The van der Waals surface area contributed by atoms with Crippen LogP contribution >= 0.6 is 0 Å². The molecule has 1 saturated carbocycles. The van der Waals surface area contributed by atoms with Crippen molar-refractivity contribution in [1.29, 1.82) is 0 Å². The van der Waals surface area contributed by atoms with Gasteiger partial charge in [0.2, 0.25) is 0 Å². The maximum absolute atomic E-state index is 13.3. The van der Waals surface area contributed by atoms with Gasteiger partial charge in [0.05, 0.1) is 0 Å². The third-order valence-electron chi connectivity index (χ3n) is 4.50. The number of aromatic nitrogens is 2. The van der Waals surface area contributed by atoms with Gasteiger partial charge in [0, 0.05) is 37.7 Å². The highest BCUT2D eigenvalue weighted by atomic mass is 19.1. The van der Waals surface area contributed by atoms with Crippen molar-refractivity contribution in [3.05, 3.63) is 41.5 Å². The van der Waals surface area contributed by atoms with Crippen LogP contribution in [0.5, 0.6) is 0 Å². The van der Waals surface area contributed by atoms with Crippen LogP contribution in [0.15, 0.2) is 28.8 Å². The molecule has 24 heavy (non-hydrogen) atoms. The van der Waals surface area contributed by atoms with Crippen molar-refractivity contribution in [1.82, 2.24) is 15.0 Å². The van der Waals surface area contributed by atoms with Crippen LogP contribution in [0, 0.1) is 5.82 Å². The van der Waals surface area contributed by atoms with Crippen LogP contribution in [-0.4, -0.2) is 47.1 Å². The molecular formula is C17H19FN4O2. The fraction of sp³-hybridized carbons (Fsp3) is 0.471. The van der Waals surface area contributed by atoms with E-state index in [9.17, 15) is 9.18 Å². The van der Waals surface area contributed by atoms with E-state index in [1.54, 1.807) is 17.0 Å². The smallest absolute Gasteiger partial charge is 0.324 e. The van der Waals surface area contributed by atoms with Crippen molar-refractivity contribution >= 4 is 11.9 Å². The molecule has 7 heteroatoms. The SMILES string of the molecule is O=C(c1cccc(F)c1)N1CCCN(c2nc(C3CC3)no2)CC1. The van der Waals surface area contributed by atoms with Crippen molar-refractivity contribution in [3.63, 3.8) is 0 Å². The minimum atomic E-state index is -0.393. The van der Waals surface area contributed by atoms with E-state index < -0.39 is 5.82 Å². The zero-order chi connectivity index (χ0) is 16.5. The highest BCUT2D eigenvalue weighted by molar-refractivity contribution is 5.94. The quantitative estimate of drug-likeness (QED) is 0.865. The van der Waals surface area contributed by atoms with Gasteiger partial charge in [-0.3, -0.25) is 4.79 Å². The Hall–Kier alpha value is -2.44. The second-order valence-corrected chi connectivity index (χ2v) is 6.35. The van der Waals surface area contributed by atoms with Crippen molar-refractivity contribution in [2.45, 2.75) is 25.2 Å². The molecule has 1 aliphatic carbocycles. The van der Waals surface area contributed by atoms with E-state index in [2.05, 4.69) is 10.1 Å². The molecule has 6 nitrogen and oxygen atoms in total. The molecule has 0 radical (unpaired) electrons. The monoisotopic (exact) mass is 330 g/mol. The Morgan fingerprint density at radius 3 is 2.88 bits per heavy atom. The number of hydrogen-bond donors (Lipinski definition) is 0. The molecule has 0 unspecified atom stereocenters. The molecule has 2 fully saturated rings. The van der Waals surface area contributed by atoms with Crippen molar-refractivity contribution in [2.75, 3.05) is 31.1 Å². The first-order valence-corrected chi connectivity index (χ1v) is 8.34. The van der Waals surface area contributed by atoms with Gasteiger partial charge in [0.15, 0.2) is 5.82 Å². The van der Waals surface area contributed by atoms with E-state index in [-0.39, 0.29) is 5.91 Å². The van der Waals surface area contributed by atoms with Crippen LogP contribution in [-0.2, 0) is 0 Å². The molecule has 0 bridgehead atoms. The van der Waals surface area contributed by atoms with Gasteiger partial charge in [0.25, 0.3) is 5.91 Å².